The number of nitrogens with zero attached hydrogens (tertiary/aromatic N) is 4. The summed E-state index contributed by atoms with van der Waals surface area (Å²) in [5.41, 5.74) is 15.8. The van der Waals surface area contributed by atoms with Crippen LogP contribution in [0.25, 0.3) is 106 Å². The molecule has 0 unspecified atom stereocenters. The second kappa shape index (κ2) is 15.0. The lowest BCUT2D eigenvalue weighted by molar-refractivity contribution is 0.446. The first-order chi connectivity index (χ1) is 31.9. The highest BCUT2D eigenvalue weighted by Gasteiger charge is 2.30. The van der Waals surface area contributed by atoms with Crippen LogP contribution >= 0.6 is 0 Å². The molecule has 1 N–H and O–H groups in total. The Morgan fingerprint density at radius 2 is 1.24 bits per heavy atom. The molecule has 7 nitrogen and oxygen atoms in total. The molecule has 67 heavy (non-hydrogen) atoms. The maximum atomic E-state index is 12.5. The first-order valence-corrected chi connectivity index (χ1v) is 23.1. The Bertz CT molecular complexity index is 3770. The van der Waals surface area contributed by atoms with Crippen LogP contribution in [0.4, 0.5) is 0 Å². The van der Waals surface area contributed by atoms with E-state index in [0.29, 0.717) is 17.1 Å². The number of aromatic hydroxyl groups is 1. The van der Waals surface area contributed by atoms with Crippen molar-refractivity contribution in [1.82, 2.24) is 19.5 Å². The fourth-order valence-corrected chi connectivity index (χ4v) is 9.54. The number of furan rings is 2. The summed E-state index contributed by atoms with van der Waals surface area (Å²) < 4.78 is 15.1. The van der Waals surface area contributed by atoms with Gasteiger partial charge in [-0.3, -0.25) is 9.55 Å². The highest BCUT2D eigenvalue weighted by Crippen LogP contribution is 2.47. The summed E-state index contributed by atoms with van der Waals surface area (Å²) in [5, 5.41) is 16.4. The van der Waals surface area contributed by atoms with Crippen LogP contribution < -0.4 is 0 Å². The summed E-state index contributed by atoms with van der Waals surface area (Å²) in [6, 6.07) is 46.7. The van der Waals surface area contributed by atoms with E-state index in [1.54, 1.807) is 0 Å². The SMILES string of the molecule is Cc1ccc2c(n1)oc1cc(-c3ccnc(-c4ccc5oc6ccc7c(nc(-c8cc(C(C)(C)C)cc(C(C)(C)C)c8O)n7-c7ccc(C(C)(C)C)cc7-c7ccccc7)c6c5c4)c3)ccc12. The molecule has 0 amide bonds. The van der Waals surface area contributed by atoms with Crippen LogP contribution in [0.15, 0.2) is 148 Å². The molecule has 5 heterocycles. The first-order valence-electron chi connectivity index (χ1n) is 23.1. The van der Waals surface area contributed by atoms with Crippen LogP contribution in [0, 0.1) is 6.92 Å². The van der Waals surface area contributed by atoms with Crippen LogP contribution in [-0.4, -0.2) is 24.6 Å². The van der Waals surface area contributed by atoms with Crippen molar-refractivity contribution in [2.24, 2.45) is 0 Å². The van der Waals surface area contributed by atoms with Gasteiger partial charge in [-0.15, -0.1) is 0 Å². The summed E-state index contributed by atoms with van der Waals surface area (Å²) in [5.74, 6) is 0.891. The molecule has 5 aromatic heterocycles. The van der Waals surface area contributed by atoms with E-state index in [-0.39, 0.29) is 22.0 Å². The van der Waals surface area contributed by atoms with Crippen molar-refractivity contribution in [1.29, 1.82) is 0 Å². The lowest BCUT2D eigenvalue weighted by Crippen LogP contribution is -2.17. The normalized spacial score (nSPS) is 12.7. The van der Waals surface area contributed by atoms with Gasteiger partial charge in [0.05, 0.1) is 27.8 Å². The van der Waals surface area contributed by atoms with Gasteiger partial charge in [-0.2, -0.15) is 0 Å². The third-order valence-electron chi connectivity index (χ3n) is 13.3. The Morgan fingerprint density at radius 3 is 2.00 bits per heavy atom. The molecular formula is C60H54N4O3. The monoisotopic (exact) mass is 878 g/mol. The quantitative estimate of drug-likeness (QED) is 0.185. The number of pyridine rings is 2. The predicted molar refractivity (Wildman–Crippen MR) is 275 cm³/mol. The van der Waals surface area contributed by atoms with Gasteiger partial charge < -0.3 is 13.9 Å². The lowest BCUT2D eigenvalue weighted by Gasteiger charge is -2.28. The van der Waals surface area contributed by atoms with Gasteiger partial charge in [0.25, 0.3) is 0 Å². The van der Waals surface area contributed by atoms with Crippen molar-refractivity contribution in [3.05, 3.63) is 162 Å². The number of hydrogen-bond acceptors (Lipinski definition) is 6. The molecule has 7 heteroatoms. The third kappa shape index (κ3) is 7.16. The number of fused-ring (bicyclic) bond motifs is 8. The zero-order valence-electron chi connectivity index (χ0n) is 39.8. The maximum absolute atomic E-state index is 12.5. The average molecular weight is 879 g/mol. The summed E-state index contributed by atoms with van der Waals surface area (Å²) in [4.78, 5) is 15.1. The molecule has 0 radical (unpaired) electrons. The third-order valence-corrected chi connectivity index (χ3v) is 13.3. The van der Waals surface area contributed by atoms with Crippen molar-refractivity contribution in [2.75, 3.05) is 0 Å². The minimum Gasteiger partial charge on any atom is -0.507 e. The number of phenols is 1. The van der Waals surface area contributed by atoms with Gasteiger partial charge in [0.1, 0.15) is 33.8 Å². The molecule has 0 aliphatic heterocycles. The number of rotatable bonds is 5. The molecule has 0 aliphatic carbocycles. The van der Waals surface area contributed by atoms with Crippen molar-refractivity contribution >= 4 is 55.0 Å². The Balaban J connectivity index is 1.15. The molecule has 0 saturated heterocycles. The molecule has 0 saturated carbocycles. The fraction of sp³-hybridized carbons (Fsp3) is 0.217. The second-order valence-electron chi connectivity index (χ2n) is 21.2. The number of aryl methyl sites for hydroxylation is 1. The van der Waals surface area contributed by atoms with E-state index in [0.717, 1.165) is 105 Å². The van der Waals surface area contributed by atoms with Crippen molar-refractivity contribution in [3.63, 3.8) is 0 Å². The van der Waals surface area contributed by atoms with Gasteiger partial charge in [-0.05, 0) is 136 Å². The van der Waals surface area contributed by atoms with Crippen LogP contribution in [-0.2, 0) is 16.2 Å². The van der Waals surface area contributed by atoms with Gasteiger partial charge >= 0.3 is 0 Å². The van der Waals surface area contributed by atoms with Crippen LogP contribution in [0.5, 0.6) is 5.75 Å². The topological polar surface area (TPSA) is 90.1 Å². The zero-order valence-corrected chi connectivity index (χ0v) is 39.8. The van der Waals surface area contributed by atoms with Crippen molar-refractivity contribution in [3.8, 4) is 56.3 Å². The van der Waals surface area contributed by atoms with Crippen molar-refractivity contribution in [2.45, 2.75) is 85.5 Å². The number of aromatic nitrogens is 4. The number of imidazole rings is 1. The zero-order chi connectivity index (χ0) is 46.7. The highest BCUT2D eigenvalue weighted by molar-refractivity contribution is 6.18. The Kier molecular flexibility index (Phi) is 9.44. The minimum absolute atomic E-state index is 0.0874. The first kappa shape index (κ1) is 42.1. The van der Waals surface area contributed by atoms with Crippen LogP contribution in [0.1, 0.15) is 84.7 Å². The van der Waals surface area contributed by atoms with E-state index in [4.69, 9.17) is 18.8 Å². The molecule has 0 fully saturated rings. The van der Waals surface area contributed by atoms with Gasteiger partial charge in [-0.25, -0.2) is 9.97 Å². The Morgan fingerprint density at radius 1 is 0.522 bits per heavy atom. The van der Waals surface area contributed by atoms with E-state index >= 15 is 0 Å². The standard InChI is InChI=1S/C60H54N4O3/c1-34-16-20-42-41-21-17-36(30-52(41)67-57(42)62-34)37-26-27-61-47(29-37)38-18-24-50-44(28-38)53-51(66-50)25-23-49-54(53)63-56(45-32-40(59(5,6)7)33-46(55(45)65)60(8,9)10)64(49)48-22-19-39(58(2,3)4)31-43(48)35-14-12-11-13-15-35/h11-33,65H,1-10H3. The van der Waals surface area contributed by atoms with Crippen LogP contribution in [0.3, 0.4) is 0 Å². The lowest BCUT2D eigenvalue weighted by atomic mass is 9.79. The van der Waals surface area contributed by atoms with E-state index in [9.17, 15) is 5.11 Å². The van der Waals surface area contributed by atoms with Gasteiger partial charge in [0.2, 0.25) is 5.71 Å². The van der Waals surface area contributed by atoms with Crippen molar-refractivity contribution < 1.29 is 13.9 Å². The summed E-state index contributed by atoms with van der Waals surface area (Å²) in [7, 11) is 0. The number of phenolic OH excluding ortho intramolecular Hbond substituents is 1. The minimum atomic E-state index is -0.340. The van der Waals surface area contributed by atoms with Gasteiger partial charge in [0, 0.05) is 44.7 Å². The van der Waals surface area contributed by atoms with E-state index in [1.165, 1.54) is 5.56 Å². The highest BCUT2D eigenvalue weighted by atomic mass is 16.3. The predicted octanol–water partition coefficient (Wildman–Crippen LogP) is 16.2. The van der Waals surface area contributed by atoms with E-state index in [2.05, 4.69) is 187 Å². The summed E-state index contributed by atoms with van der Waals surface area (Å²) >= 11 is 0. The Hall–Kier alpha value is -7.51. The fourth-order valence-electron chi connectivity index (χ4n) is 9.54. The molecule has 6 aromatic carbocycles. The van der Waals surface area contributed by atoms with Gasteiger partial charge in [-0.1, -0.05) is 111 Å². The Labute approximate surface area is 390 Å². The number of benzene rings is 6. The molecular weight excluding hydrogens is 825 g/mol. The molecule has 0 aliphatic rings. The summed E-state index contributed by atoms with van der Waals surface area (Å²) in [6.45, 7) is 21.8. The largest absolute Gasteiger partial charge is 0.507 e. The van der Waals surface area contributed by atoms with Crippen LogP contribution in [0.2, 0.25) is 0 Å². The molecule has 332 valence electrons. The molecule has 0 spiro atoms. The van der Waals surface area contributed by atoms with Gasteiger partial charge in [0.15, 0.2) is 0 Å². The molecule has 11 rings (SSSR count). The maximum Gasteiger partial charge on any atom is 0.227 e. The second-order valence-corrected chi connectivity index (χ2v) is 21.2. The smallest absolute Gasteiger partial charge is 0.227 e. The molecule has 0 atom stereocenters. The van der Waals surface area contributed by atoms with E-state index in [1.807, 2.05) is 31.3 Å². The van der Waals surface area contributed by atoms with E-state index < -0.39 is 0 Å². The molecule has 11 aromatic rings. The molecule has 0 bridgehead atoms. The average Bonchev–Trinajstić information content (AvgIpc) is 3.98. The number of hydrogen-bond donors (Lipinski definition) is 1. The summed E-state index contributed by atoms with van der Waals surface area (Å²) in [6.07, 6.45) is 1.86.